The van der Waals surface area contributed by atoms with Gasteiger partial charge in [-0.2, -0.15) is 5.10 Å². The Hall–Kier alpha value is -2.12. The number of nitrogens with zero attached hydrogens (tertiary/aromatic N) is 5. The van der Waals surface area contributed by atoms with Crippen molar-refractivity contribution in [1.82, 2.24) is 19.6 Å². The van der Waals surface area contributed by atoms with E-state index >= 15 is 0 Å². The van der Waals surface area contributed by atoms with Crippen molar-refractivity contribution >= 4 is 11.6 Å². The summed E-state index contributed by atoms with van der Waals surface area (Å²) in [7, 11) is 3.95. The molecule has 24 heavy (non-hydrogen) atoms. The van der Waals surface area contributed by atoms with Crippen molar-refractivity contribution in [2.24, 2.45) is 7.05 Å². The van der Waals surface area contributed by atoms with Gasteiger partial charge < -0.3 is 9.32 Å². The molecule has 7 nitrogen and oxygen atoms in total. The Balaban J connectivity index is 1.52. The lowest BCUT2D eigenvalue weighted by Gasteiger charge is -2.46. The summed E-state index contributed by atoms with van der Waals surface area (Å²) >= 11 is 0. The number of hydrogen-bond donors (Lipinski definition) is 0. The summed E-state index contributed by atoms with van der Waals surface area (Å²) in [4.78, 5) is 19.1. The highest BCUT2D eigenvalue weighted by atomic mass is 16.3. The van der Waals surface area contributed by atoms with Gasteiger partial charge >= 0.3 is 0 Å². The molecule has 0 saturated carbocycles. The minimum atomic E-state index is 0.00743. The van der Waals surface area contributed by atoms with Crippen molar-refractivity contribution in [3.8, 4) is 0 Å². The number of piperazine rings is 1. The maximum atomic E-state index is 12.5. The molecular weight excluding hydrogens is 306 g/mol. The highest BCUT2D eigenvalue weighted by Crippen LogP contribution is 2.33. The van der Waals surface area contributed by atoms with Gasteiger partial charge in [0.1, 0.15) is 0 Å². The fourth-order valence-electron chi connectivity index (χ4n) is 3.90. The van der Waals surface area contributed by atoms with Gasteiger partial charge in [0.05, 0.1) is 36.5 Å². The average Bonchev–Trinajstić information content (AvgIpc) is 3.26. The first kappa shape index (κ1) is 15.4. The molecule has 0 bridgehead atoms. The zero-order chi connectivity index (χ0) is 16.7. The molecule has 0 radical (unpaired) electrons. The second-order valence-electron chi connectivity index (χ2n) is 7.02. The normalized spacial score (nSPS) is 25.9. The molecule has 4 heterocycles. The minimum Gasteiger partial charge on any atom is -0.472 e. The molecule has 2 saturated heterocycles. The van der Waals surface area contributed by atoms with E-state index in [0.717, 1.165) is 38.3 Å². The molecule has 0 aliphatic carbocycles. The predicted octanol–water partition coefficient (Wildman–Crippen LogP) is 0.936. The van der Waals surface area contributed by atoms with E-state index in [0.29, 0.717) is 6.54 Å². The van der Waals surface area contributed by atoms with Gasteiger partial charge in [0.2, 0.25) is 5.91 Å². The molecule has 2 aliphatic heterocycles. The van der Waals surface area contributed by atoms with E-state index in [9.17, 15) is 4.79 Å². The molecular formula is C17H23N5O2. The van der Waals surface area contributed by atoms with E-state index in [1.807, 2.05) is 24.2 Å². The zero-order valence-corrected chi connectivity index (χ0v) is 14.2. The predicted molar refractivity (Wildman–Crippen MR) is 89.5 cm³/mol. The smallest absolute Gasteiger partial charge is 0.241 e. The maximum Gasteiger partial charge on any atom is 0.241 e. The van der Waals surface area contributed by atoms with Crippen LogP contribution in [0, 0.1) is 0 Å². The van der Waals surface area contributed by atoms with Crippen LogP contribution in [0.25, 0.3) is 0 Å². The number of carbonyl (C=O) groups is 1. The van der Waals surface area contributed by atoms with E-state index < -0.39 is 0 Å². The van der Waals surface area contributed by atoms with Gasteiger partial charge in [0.15, 0.2) is 0 Å². The van der Waals surface area contributed by atoms with Gasteiger partial charge in [-0.3, -0.25) is 19.3 Å². The number of rotatable bonds is 3. The molecule has 2 fully saturated rings. The lowest BCUT2D eigenvalue weighted by molar-refractivity contribution is -0.123. The van der Waals surface area contributed by atoms with E-state index in [4.69, 9.17) is 4.42 Å². The third kappa shape index (κ3) is 2.63. The Kier molecular flexibility index (Phi) is 3.69. The van der Waals surface area contributed by atoms with E-state index in [2.05, 4.69) is 21.9 Å². The number of furan rings is 1. The van der Waals surface area contributed by atoms with Crippen LogP contribution in [0.2, 0.25) is 0 Å². The second kappa shape index (κ2) is 5.75. The zero-order valence-electron chi connectivity index (χ0n) is 14.2. The molecule has 2 aliphatic rings. The molecule has 2 aromatic heterocycles. The molecule has 0 N–H and O–H groups in total. The minimum absolute atomic E-state index is 0.00743. The highest BCUT2D eigenvalue weighted by Gasteiger charge is 2.47. The number of aromatic nitrogens is 2. The van der Waals surface area contributed by atoms with Crippen molar-refractivity contribution in [2.75, 3.05) is 38.1 Å². The molecule has 0 aromatic carbocycles. The summed E-state index contributed by atoms with van der Waals surface area (Å²) in [5.74, 6) is 0.143. The van der Waals surface area contributed by atoms with Crippen molar-refractivity contribution < 1.29 is 9.21 Å². The topological polar surface area (TPSA) is 57.8 Å². The Morgan fingerprint density at radius 2 is 2.21 bits per heavy atom. The third-order valence-electron chi connectivity index (χ3n) is 5.34. The van der Waals surface area contributed by atoms with E-state index in [1.54, 1.807) is 23.4 Å². The monoisotopic (exact) mass is 329 g/mol. The highest BCUT2D eigenvalue weighted by molar-refractivity contribution is 5.95. The van der Waals surface area contributed by atoms with Gasteiger partial charge in [-0.05, 0) is 19.5 Å². The number of anilines is 1. The fourth-order valence-corrected chi connectivity index (χ4v) is 3.90. The average molecular weight is 329 g/mol. The number of likely N-dealkylation sites (tertiary alicyclic amines) is 1. The molecule has 4 rings (SSSR count). The number of carbonyl (C=O) groups excluding carboxylic acids is 1. The van der Waals surface area contributed by atoms with Crippen LogP contribution in [-0.2, 0) is 18.4 Å². The Labute approximate surface area is 141 Å². The van der Waals surface area contributed by atoms with Crippen LogP contribution in [0.5, 0.6) is 0 Å². The first-order chi connectivity index (χ1) is 11.6. The van der Waals surface area contributed by atoms with E-state index in [1.165, 1.54) is 5.56 Å². The van der Waals surface area contributed by atoms with Gasteiger partial charge in [0, 0.05) is 45.0 Å². The molecule has 1 unspecified atom stereocenters. The molecule has 7 heteroatoms. The first-order valence-corrected chi connectivity index (χ1v) is 8.29. The van der Waals surface area contributed by atoms with Gasteiger partial charge in [0.25, 0.3) is 0 Å². The molecule has 1 spiro atoms. The van der Waals surface area contributed by atoms with Gasteiger partial charge in [-0.25, -0.2) is 0 Å². The van der Waals surface area contributed by atoms with Crippen molar-refractivity contribution in [3.05, 3.63) is 36.5 Å². The summed E-state index contributed by atoms with van der Waals surface area (Å²) in [5.41, 5.74) is 2.10. The van der Waals surface area contributed by atoms with Crippen molar-refractivity contribution in [2.45, 2.75) is 18.5 Å². The molecule has 1 amide bonds. The van der Waals surface area contributed by atoms with Gasteiger partial charge in [-0.15, -0.1) is 0 Å². The standard InChI is InChI=1S/C17H23N5O2/c1-19-10-16(23)22(15-7-18-20(2)9-15)13-17(19)4-5-21(12-17)8-14-3-6-24-11-14/h3,6-7,9,11H,4-5,8,10,12-13H2,1-2H3. The Morgan fingerprint density at radius 3 is 2.92 bits per heavy atom. The number of aryl methyl sites for hydroxylation is 1. The van der Waals surface area contributed by atoms with Crippen LogP contribution in [0.1, 0.15) is 12.0 Å². The third-order valence-corrected chi connectivity index (χ3v) is 5.34. The molecule has 2 aromatic rings. The largest absolute Gasteiger partial charge is 0.472 e. The van der Waals surface area contributed by atoms with Crippen LogP contribution in [0.4, 0.5) is 5.69 Å². The summed E-state index contributed by atoms with van der Waals surface area (Å²) in [6, 6.07) is 2.01. The van der Waals surface area contributed by atoms with Crippen molar-refractivity contribution in [3.63, 3.8) is 0 Å². The van der Waals surface area contributed by atoms with Crippen LogP contribution in [-0.4, -0.2) is 64.3 Å². The summed E-state index contributed by atoms with van der Waals surface area (Å²) in [6.07, 6.45) is 8.27. The van der Waals surface area contributed by atoms with Crippen LogP contribution < -0.4 is 4.90 Å². The maximum absolute atomic E-state index is 12.5. The first-order valence-electron chi connectivity index (χ1n) is 8.29. The fraction of sp³-hybridized carbons (Fsp3) is 0.529. The number of amides is 1. The molecule has 1 atom stereocenters. The Bertz CT molecular complexity index is 725. The van der Waals surface area contributed by atoms with E-state index in [-0.39, 0.29) is 11.4 Å². The van der Waals surface area contributed by atoms with Crippen LogP contribution in [0.3, 0.4) is 0 Å². The SMILES string of the molecule is CN1CC(=O)N(c2cnn(C)c2)CC12CCN(Cc1ccoc1)C2. The number of hydrogen-bond acceptors (Lipinski definition) is 5. The van der Waals surface area contributed by atoms with Crippen LogP contribution in [0.15, 0.2) is 35.4 Å². The lowest BCUT2D eigenvalue weighted by atomic mass is 9.93. The number of likely N-dealkylation sites (N-methyl/N-ethyl adjacent to an activating group) is 1. The Morgan fingerprint density at radius 1 is 1.33 bits per heavy atom. The van der Waals surface area contributed by atoms with Crippen molar-refractivity contribution in [1.29, 1.82) is 0 Å². The van der Waals surface area contributed by atoms with Crippen LogP contribution >= 0.6 is 0 Å². The van der Waals surface area contributed by atoms with Gasteiger partial charge in [-0.1, -0.05) is 0 Å². The summed E-state index contributed by atoms with van der Waals surface area (Å²) in [6.45, 7) is 4.06. The lowest BCUT2D eigenvalue weighted by Crippen LogP contribution is -2.64. The molecule has 128 valence electrons. The summed E-state index contributed by atoms with van der Waals surface area (Å²) < 4.78 is 6.92. The quantitative estimate of drug-likeness (QED) is 0.839. The summed E-state index contributed by atoms with van der Waals surface area (Å²) in [5, 5.41) is 4.21. The second-order valence-corrected chi connectivity index (χ2v) is 7.02.